The Morgan fingerprint density at radius 1 is 1.42 bits per heavy atom. The lowest BCUT2D eigenvalue weighted by Crippen LogP contribution is -2.29. The first-order chi connectivity index (χ1) is 9.31. The zero-order chi connectivity index (χ0) is 13.5. The summed E-state index contributed by atoms with van der Waals surface area (Å²) in [5.74, 6) is 0.580. The summed E-state index contributed by atoms with van der Waals surface area (Å²) in [7, 11) is 0. The minimum Gasteiger partial charge on any atom is -0.372 e. The Bertz CT molecular complexity index is 401. The van der Waals surface area contributed by atoms with E-state index in [1.165, 1.54) is 19.3 Å². The van der Waals surface area contributed by atoms with Crippen molar-refractivity contribution in [1.29, 1.82) is 0 Å². The fraction of sp³-hybridized carbons (Fsp3) is 0.833. The van der Waals surface area contributed by atoms with Crippen LogP contribution in [0.3, 0.4) is 0 Å². The van der Waals surface area contributed by atoms with Crippen LogP contribution in [-0.4, -0.2) is 39.3 Å². The lowest BCUT2D eigenvalue weighted by Gasteiger charge is -2.22. The van der Waals surface area contributed by atoms with E-state index in [1.54, 1.807) is 0 Å². The number of carbonyl (C=O) groups is 1. The standard InChI is InChI=1S/C12H21N5O2/c1-2-19-9-12(18)13-8-11-14-15-16-17(11)10-6-4-3-5-7-10/h10H,2-9H2,1H3,(H,13,18). The molecule has 2 rings (SSSR count). The highest BCUT2D eigenvalue weighted by Gasteiger charge is 2.20. The lowest BCUT2D eigenvalue weighted by molar-refractivity contribution is -0.125. The first-order valence-corrected chi connectivity index (χ1v) is 6.92. The van der Waals surface area contributed by atoms with Crippen molar-refractivity contribution in [3.8, 4) is 0 Å². The maximum atomic E-state index is 11.5. The highest BCUT2D eigenvalue weighted by atomic mass is 16.5. The summed E-state index contributed by atoms with van der Waals surface area (Å²) < 4.78 is 6.90. The minimum absolute atomic E-state index is 0.0848. The zero-order valence-electron chi connectivity index (χ0n) is 11.3. The smallest absolute Gasteiger partial charge is 0.246 e. The Kier molecular flexibility index (Phi) is 5.26. The van der Waals surface area contributed by atoms with Crippen LogP contribution in [0.2, 0.25) is 0 Å². The van der Waals surface area contributed by atoms with Gasteiger partial charge in [0.15, 0.2) is 5.82 Å². The van der Waals surface area contributed by atoms with Gasteiger partial charge in [0.2, 0.25) is 5.91 Å². The largest absolute Gasteiger partial charge is 0.372 e. The number of nitrogens with one attached hydrogen (secondary N) is 1. The van der Waals surface area contributed by atoms with Crippen LogP contribution in [0.15, 0.2) is 0 Å². The van der Waals surface area contributed by atoms with Gasteiger partial charge in [-0.1, -0.05) is 19.3 Å². The van der Waals surface area contributed by atoms with E-state index in [9.17, 15) is 4.79 Å². The van der Waals surface area contributed by atoms with Gasteiger partial charge in [-0.25, -0.2) is 4.68 Å². The van der Waals surface area contributed by atoms with Crippen LogP contribution in [0.5, 0.6) is 0 Å². The number of tetrazole rings is 1. The molecule has 1 N–H and O–H groups in total. The molecule has 1 aliphatic carbocycles. The van der Waals surface area contributed by atoms with Gasteiger partial charge in [-0.15, -0.1) is 5.10 Å². The highest BCUT2D eigenvalue weighted by Crippen LogP contribution is 2.27. The summed E-state index contributed by atoms with van der Waals surface area (Å²) in [6.45, 7) is 2.83. The number of rotatable bonds is 6. The normalized spacial score (nSPS) is 16.5. The molecule has 0 aromatic carbocycles. The van der Waals surface area contributed by atoms with E-state index in [1.807, 2.05) is 11.6 Å². The monoisotopic (exact) mass is 267 g/mol. The van der Waals surface area contributed by atoms with Gasteiger partial charge in [-0.3, -0.25) is 4.79 Å². The molecule has 1 aromatic heterocycles. The van der Waals surface area contributed by atoms with Crippen molar-refractivity contribution in [2.24, 2.45) is 0 Å². The SMILES string of the molecule is CCOCC(=O)NCc1nnnn1C1CCCCC1. The Labute approximate surface area is 112 Å². The summed E-state index contributed by atoms with van der Waals surface area (Å²) in [5, 5.41) is 14.5. The average molecular weight is 267 g/mol. The molecule has 0 aliphatic heterocycles. The minimum atomic E-state index is -0.139. The summed E-state index contributed by atoms with van der Waals surface area (Å²) in [5.41, 5.74) is 0. The molecule has 0 unspecified atom stereocenters. The summed E-state index contributed by atoms with van der Waals surface area (Å²) >= 11 is 0. The fourth-order valence-corrected chi connectivity index (χ4v) is 2.36. The molecule has 1 aromatic rings. The first kappa shape index (κ1) is 13.9. The van der Waals surface area contributed by atoms with Crippen molar-refractivity contribution < 1.29 is 9.53 Å². The van der Waals surface area contributed by atoms with Crippen molar-refractivity contribution in [1.82, 2.24) is 25.5 Å². The Hall–Kier alpha value is -1.50. The van der Waals surface area contributed by atoms with Crippen LogP contribution in [0.4, 0.5) is 0 Å². The molecule has 0 atom stereocenters. The van der Waals surface area contributed by atoms with Crippen molar-refractivity contribution >= 4 is 5.91 Å². The van der Waals surface area contributed by atoms with Gasteiger partial charge in [0.25, 0.3) is 0 Å². The highest BCUT2D eigenvalue weighted by molar-refractivity contribution is 5.77. The second-order valence-electron chi connectivity index (χ2n) is 4.75. The summed E-state index contributed by atoms with van der Waals surface area (Å²) in [6, 6.07) is 0.377. The van der Waals surface area contributed by atoms with Crippen LogP contribution in [0.1, 0.15) is 50.9 Å². The molecule has 0 radical (unpaired) electrons. The molecule has 1 amide bonds. The number of carbonyl (C=O) groups excluding carboxylic acids is 1. The predicted octanol–water partition coefficient (Wildman–Crippen LogP) is 0.831. The van der Waals surface area contributed by atoms with Gasteiger partial charge in [0.1, 0.15) is 6.61 Å². The average Bonchev–Trinajstić information content (AvgIpc) is 2.92. The topological polar surface area (TPSA) is 81.9 Å². The molecule has 0 bridgehead atoms. The summed E-state index contributed by atoms with van der Waals surface area (Å²) in [4.78, 5) is 11.5. The van der Waals surface area contributed by atoms with Gasteiger partial charge in [-0.2, -0.15) is 0 Å². The molecule has 0 spiro atoms. The molecule has 1 saturated carbocycles. The number of nitrogens with zero attached hydrogens (tertiary/aromatic N) is 4. The quantitative estimate of drug-likeness (QED) is 0.825. The van der Waals surface area contributed by atoms with E-state index in [0.717, 1.165) is 18.7 Å². The van der Waals surface area contributed by atoms with Gasteiger partial charge >= 0.3 is 0 Å². The second-order valence-corrected chi connectivity index (χ2v) is 4.75. The van der Waals surface area contributed by atoms with Gasteiger partial charge < -0.3 is 10.1 Å². The van der Waals surface area contributed by atoms with Crippen molar-refractivity contribution in [2.45, 2.75) is 51.6 Å². The molecule has 19 heavy (non-hydrogen) atoms. The maximum Gasteiger partial charge on any atom is 0.246 e. The number of ether oxygens (including phenoxy) is 1. The molecule has 1 heterocycles. The molecular formula is C12H21N5O2. The van der Waals surface area contributed by atoms with E-state index in [-0.39, 0.29) is 12.5 Å². The van der Waals surface area contributed by atoms with Crippen LogP contribution >= 0.6 is 0 Å². The third-order valence-corrected chi connectivity index (χ3v) is 3.36. The van der Waals surface area contributed by atoms with Crippen molar-refractivity contribution in [3.63, 3.8) is 0 Å². The lowest BCUT2D eigenvalue weighted by atomic mass is 9.96. The molecule has 106 valence electrons. The third-order valence-electron chi connectivity index (χ3n) is 3.36. The molecule has 1 aliphatic rings. The Balaban J connectivity index is 1.86. The van der Waals surface area contributed by atoms with Gasteiger partial charge in [0.05, 0.1) is 12.6 Å². The van der Waals surface area contributed by atoms with E-state index >= 15 is 0 Å². The van der Waals surface area contributed by atoms with E-state index in [0.29, 0.717) is 19.2 Å². The predicted molar refractivity (Wildman–Crippen MR) is 68.3 cm³/mol. The maximum absolute atomic E-state index is 11.5. The van der Waals surface area contributed by atoms with E-state index in [2.05, 4.69) is 20.8 Å². The van der Waals surface area contributed by atoms with Crippen LogP contribution in [-0.2, 0) is 16.1 Å². The van der Waals surface area contributed by atoms with E-state index in [4.69, 9.17) is 4.74 Å². The number of aromatic nitrogens is 4. The van der Waals surface area contributed by atoms with Crippen LogP contribution < -0.4 is 5.32 Å². The van der Waals surface area contributed by atoms with Crippen molar-refractivity contribution in [2.75, 3.05) is 13.2 Å². The van der Waals surface area contributed by atoms with Gasteiger partial charge in [0, 0.05) is 6.61 Å². The molecule has 0 saturated heterocycles. The van der Waals surface area contributed by atoms with Crippen LogP contribution in [0.25, 0.3) is 0 Å². The molecule has 1 fully saturated rings. The molecule has 7 nitrogen and oxygen atoms in total. The Morgan fingerprint density at radius 2 is 2.21 bits per heavy atom. The number of hydrogen-bond acceptors (Lipinski definition) is 5. The molecular weight excluding hydrogens is 246 g/mol. The Morgan fingerprint density at radius 3 is 2.95 bits per heavy atom. The fourth-order valence-electron chi connectivity index (χ4n) is 2.36. The van der Waals surface area contributed by atoms with Crippen molar-refractivity contribution in [3.05, 3.63) is 5.82 Å². The third kappa shape index (κ3) is 3.99. The molecule has 7 heteroatoms. The summed E-state index contributed by atoms with van der Waals surface area (Å²) in [6.07, 6.45) is 5.97. The van der Waals surface area contributed by atoms with Crippen LogP contribution in [0, 0.1) is 0 Å². The second kappa shape index (κ2) is 7.18. The number of hydrogen-bond donors (Lipinski definition) is 1. The number of amides is 1. The first-order valence-electron chi connectivity index (χ1n) is 6.92. The van der Waals surface area contributed by atoms with E-state index < -0.39 is 0 Å². The zero-order valence-corrected chi connectivity index (χ0v) is 11.3. The van der Waals surface area contributed by atoms with Gasteiger partial charge in [-0.05, 0) is 30.2 Å².